The van der Waals surface area contributed by atoms with Crippen molar-refractivity contribution in [3.05, 3.63) is 29.8 Å². The third-order valence-electron chi connectivity index (χ3n) is 2.94. The van der Waals surface area contributed by atoms with Gasteiger partial charge in [0, 0.05) is 0 Å². The Bertz CT molecular complexity index is 634. The van der Waals surface area contributed by atoms with Crippen LogP contribution in [0.1, 0.15) is 20.3 Å². The van der Waals surface area contributed by atoms with E-state index in [9.17, 15) is 17.2 Å². The Morgan fingerprint density at radius 3 is 2.50 bits per heavy atom. The Kier molecular flexibility index (Phi) is 4.66. The van der Waals surface area contributed by atoms with Gasteiger partial charge in [-0.25, -0.2) is 17.2 Å². The molecule has 1 atom stereocenters. The van der Waals surface area contributed by atoms with E-state index < -0.39 is 32.1 Å². The number of halogens is 2. The zero-order valence-electron chi connectivity index (χ0n) is 10.9. The summed E-state index contributed by atoms with van der Waals surface area (Å²) in [6, 6.07) is 2.18. The summed E-state index contributed by atoms with van der Waals surface area (Å²) in [4.78, 5) is -0.457. The molecule has 0 aliphatic carbocycles. The van der Waals surface area contributed by atoms with E-state index in [0.717, 1.165) is 6.07 Å². The largest absolute Gasteiger partial charge is 0.409 e. The maximum atomic E-state index is 13.1. The van der Waals surface area contributed by atoms with Gasteiger partial charge in [0.15, 0.2) is 17.5 Å². The molecule has 0 radical (unpaired) electrons. The summed E-state index contributed by atoms with van der Waals surface area (Å²) in [5, 5.41) is 11.4. The summed E-state index contributed by atoms with van der Waals surface area (Å²) < 4.78 is 52.3. The lowest BCUT2D eigenvalue weighted by molar-refractivity contribution is 0.310. The minimum Gasteiger partial charge on any atom is -0.409 e. The van der Waals surface area contributed by atoms with Gasteiger partial charge in [0.25, 0.3) is 0 Å². The summed E-state index contributed by atoms with van der Waals surface area (Å²) in [7, 11) is -4.15. The Labute approximate surface area is 115 Å². The molecule has 1 unspecified atom stereocenters. The lowest BCUT2D eigenvalue weighted by Crippen LogP contribution is -2.54. The van der Waals surface area contributed by atoms with Crippen LogP contribution in [0.3, 0.4) is 0 Å². The fraction of sp³-hybridized carbons (Fsp3) is 0.364. The highest BCUT2D eigenvalue weighted by atomic mass is 32.2. The molecule has 0 amide bonds. The van der Waals surface area contributed by atoms with Crippen LogP contribution >= 0.6 is 0 Å². The molecule has 1 aromatic carbocycles. The van der Waals surface area contributed by atoms with Gasteiger partial charge >= 0.3 is 0 Å². The number of sulfonamides is 1. The normalized spacial score (nSPS) is 15.9. The van der Waals surface area contributed by atoms with E-state index in [-0.39, 0.29) is 12.3 Å². The van der Waals surface area contributed by atoms with E-state index in [0.29, 0.717) is 12.1 Å². The molecule has 20 heavy (non-hydrogen) atoms. The van der Waals surface area contributed by atoms with Crippen molar-refractivity contribution in [1.82, 2.24) is 4.72 Å². The van der Waals surface area contributed by atoms with Crippen LogP contribution in [0.15, 0.2) is 28.3 Å². The number of hydrogen-bond donors (Lipinski definition) is 3. The van der Waals surface area contributed by atoms with Crippen LogP contribution < -0.4 is 10.5 Å². The number of nitrogens with two attached hydrogens (primary N) is 1. The van der Waals surface area contributed by atoms with Crippen LogP contribution in [0.2, 0.25) is 0 Å². The second-order valence-electron chi connectivity index (χ2n) is 4.35. The van der Waals surface area contributed by atoms with Gasteiger partial charge in [0.05, 0.1) is 10.4 Å². The molecule has 112 valence electrons. The molecule has 0 aliphatic heterocycles. The number of benzene rings is 1. The molecular weight excluding hydrogens is 292 g/mol. The van der Waals surface area contributed by atoms with E-state index in [1.165, 1.54) is 6.92 Å². The van der Waals surface area contributed by atoms with E-state index >= 15 is 0 Å². The monoisotopic (exact) mass is 307 g/mol. The molecule has 6 nitrogen and oxygen atoms in total. The van der Waals surface area contributed by atoms with E-state index in [4.69, 9.17) is 10.9 Å². The smallest absolute Gasteiger partial charge is 0.241 e. The number of nitrogens with zero attached hydrogens (tertiary/aromatic N) is 1. The van der Waals surface area contributed by atoms with Crippen molar-refractivity contribution in [2.45, 2.75) is 30.7 Å². The third-order valence-corrected chi connectivity index (χ3v) is 4.53. The molecule has 0 bridgehead atoms. The highest BCUT2D eigenvalue weighted by Gasteiger charge is 2.33. The fourth-order valence-corrected chi connectivity index (χ4v) is 2.88. The van der Waals surface area contributed by atoms with E-state index in [2.05, 4.69) is 9.88 Å². The molecule has 0 aliphatic rings. The zero-order valence-corrected chi connectivity index (χ0v) is 11.7. The molecule has 9 heteroatoms. The minimum atomic E-state index is -4.15. The molecule has 0 saturated heterocycles. The Hall–Kier alpha value is -1.74. The first-order valence-electron chi connectivity index (χ1n) is 5.63. The standard InChI is InChI=1S/C11H15F2N3O3S/c1-3-11(2,10(14)15-17)16-20(18,19)7-4-5-8(12)9(13)6-7/h4-6,16-17H,3H2,1-2H3,(H2,14,15). The van der Waals surface area contributed by atoms with Crippen LogP contribution in [-0.2, 0) is 10.0 Å². The van der Waals surface area contributed by atoms with Gasteiger partial charge in [0.2, 0.25) is 10.0 Å². The topological polar surface area (TPSA) is 105 Å². The van der Waals surface area contributed by atoms with Crippen LogP contribution in [0.5, 0.6) is 0 Å². The Balaban J connectivity index is 3.20. The fourth-order valence-electron chi connectivity index (χ4n) is 1.42. The predicted octanol–water partition coefficient (Wildman–Crippen LogP) is 1.16. The lowest BCUT2D eigenvalue weighted by atomic mass is 10.00. The van der Waals surface area contributed by atoms with Gasteiger partial charge in [-0.15, -0.1) is 0 Å². The van der Waals surface area contributed by atoms with Crippen molar-refractivity contribution in [1.29, 1.82) is 0 Å². The lowest BCUT2D eigenvalue weighted by Gasteiger charge is -2.27. The average Bonchev–Trinajstić information content (AvgIpc) is 2.40. The van der Waals surface area contributed by atoms with Gasteiger partial charge in [-0.1, -0.05) is 12.1 Å². The predicted molar refractivity (Wildman–Crippen MR) is 68.8 cm³/mol. The number of nitrogens with one attached hydrogen (secondary N) is 1. The number of oxime groups is 1. The van der Waals surface area contributed by atoms with Crippen molar-refractivity contribution in [3.8, 4) is 0 Å². The summed E-state index contributed by atoms with van der Waals surface area (Å²) in [5.74, 6) is -2.78. The van der Waals surface area contributed by atoms with Crippen molar-refractivity contribution < 1.29 is 22.4 Å². The van der Waals surface area contributed by atoms with Crippen LogP contribution in [0.25, 0.3) is 0 Å². The van der Waals surface area contributed by atoms with Crippen LogP contribution in [0.4, 0.5) is 8.78 Å². The molecule has 4 N–H and O–H groups in total. The molecule has 0 saturated carbocycles. The van der Waals surface area contributed by atoms with Gasteiger partial charge < -0.3 is 10.9 Å². The highest BCUT2D eigenvalue weighted by Crippen LogP contribution is 2.18. The molecule has 1 rings (SSSR count). The summed E-state index contributed by atoms with van der Waals surface area (Å²) in [6.45, 7) is 3.02. The van der Waals surface area contributed by atoms with Crippen LogP contribution in [0, 0.1) is 11.6 Å². The van der Waals surface area contributed by atoms with Crippen molar-refractivity contribution in [2.75, 3.05) is 0 Å². The number of amidine groups is 1. The first-order valence-corrected chi connectivity index (χ1v) is 7.11. The SMILES string of the molecule is CCC(C)(NS(=O)(=O)c1ccc(F)c(F)c1)/C(N)=N/O. The molecular formula is C11H15F2N3O3S. The molecule has 0 aromatic heterocycles. The van der Waals surface area contributed by atoms with Gasteiger partial charge in [0.1, 0.15) is 0 Å². The summed E-state index contributed by atoms with van der Waals surface area (Å²) >= 11 is 0. The molecule has 0 fully saturated rings. The first-order chi connectivity index (χ1) is 9.16. The Morgan fingerprint density at radius 2 is 2.05 bits per heavy atom. The van der Waals surface area contributed by atoms with E-state index in [1.807, 2.05) is 0 Å². The van der Waals surface area contributed by atoms with E-state index in [1.54, 1.807) is 6.92 Å². The maximum Gasteiger partial charge on any atom is 0.241 e. The van der Waals surface area contributed by atoms with Crippen molar-refractivity contribution in [2.24, 2.45) is 10.9 Å². The second-order valence-corrected chi connectivity index (χ2v) is 6.03. The maximum absolute atomic E-state index is 13.1. The third kappa shape index (κ3) is 3.23. The average molecular weight is 307 g/mol. The zero-order chi connectivity index (χ0) is 15.6. The summed E-state index contributed by atoms with van der Waals surface area (Å²) in [5.41, 5.74) is 4.09. The quantitative estimate of drug-likeness (QED) is 0.328. The number of rotatable bonds is 5. The molecule has 0 heterocycles. The second kappa shape index (κ2) is 5.71. The van der Waals surface area contributed by atoms with Crippen molar-refractivity contribution in [3.63, 3.8) is 0 Å². The number of hydrogen-bond acceptors (Lipinski definition) is 4. The highest BCUT2D eigenvalue weighted by molar-refractivity contribution is 7.89. The minimum absolute atomic E-state index is 0.186. The molecule has 0 spiro atoms. The Morgan fingerprint density at radius 1 is 1.45 bits per heavy atom. The molecule has 1 aromatic rings. The van der Waals surface area contributed by atoms with Gasteiger partial charge in [-0.2, -0.15) is 4.72 Å². The van der Waals surface area contributed by atoms with Crippen molar-refractivity contribution >= 4 is 15.9 Å². The first kappa shape index (κ1) is 16.3. The van der Waals surface area contributed by atoms with Gasteiger partial charge in [-0.3, -0.25) is 0 Å². The van der Waals surface area contributed by atoms with Gasteiger partial charge in [-0.05, 0) is 31.5 Å². The summed E-state index contributed by atoms with van der Waals surface area (Å²) in [6.07, 6.45) is 0.186. The van der Waals surface area contributed by atoms with Crippen LogP contribution in [-0.4, -0.2) is 25.0 Å².